The highest BCUT2D eigenvalue weighted by Crippen LogP contribution is 2.26. The second-order valence-electron chi connectivity index (χ2n) is 4.98. The predicted octanol–water partition coefficient (Wildman–Crippen LogP) is 0.758. The number of hydrogen-bond acceptors (Lipinski definition) is 4. The third-order valence-electron chi connectivity index (χ3n) is 3.51. The van der Waals surface area contributed by atoms with Crippen LogP contribution in [0.2, 0.25) is 0 Å². The molecule has 5 heteroatoms. The minimum Gasteiger partial charge on any atom is -0.466 e. The van der Waals surface area contributed by atoms with E-state index in [1.807, 2.05) is 0 Å². The summed E-state index contributed by atoms with van der Waals surface area (Å²) in [6.45, 7) is 3.50. The van der Waals surface area contributed by atoms with Crippen molar-refractivity contribution in [2.45, 2.75) is 38.8 Å². The van der Waals surface area contributed by atoms with Gasteiger partial charge < -0.3 is 19.9 Å². The van der Waals surface area contributed by atoms with Gasteiger partial charge in [-0.25, -0.2) is 0 Å². The second-order valence-corrected chi connectivity index (χ2v) is 4.98. The van der Waals surface area contributed by atoms with E-state index >= 15 is 0 Å². The van der Waals surface area contributed by atoms with Gasteiger partial charge in [0.05, 0.1) is 11.7 Å². The Kier molecular flexibility index (Phi) is 3.73. The van der Waals surface area contributed by atoms with E-state index in [9.17, 15) is 9.90 Å². The van der Waals surface area contributed by atoms with Crippen molar-refractivity contribution in [2.75, 3.05) is 6.61 Å². The van der Waals surface area contributed by atoms with E-state index in [2.05, 4.69) is 5.32 Å². The number of hydrogen-bond donors (Lipinski definition) is 3. The summed E-state index contributed by atoms with van der Waals surface area (Å²) >= 11 is 0. The van der Waals surface area contributed by atoms with E-state index in [0.29, 0.717) is 29.9 Å². The van der Waals surface area contributed by atoms with E-state index in [-0.39, 0.29) is 24.5 Å². The van der Waals surface area contributed by atoms with Gasteiger partial charge in [-0.15, -0.1) is 0 Å². The quantitative estimate of drug-likeness (QED) is 0.742. The first-order valence-electron chi connectivity index (χ1n) is 6.18. The fourth-order valence-corrected chi connectivity index (χ4v) is 2.54. The molecular weight excluding hydrogens is 234 g/mol. The summed E-state index contributed by atoms with van der Waals surface area (Å²) in [6, 6.07) is 1.62. The van der Waals surface area contributed by atoms with Crippen LogP contribution in [0, 0.1) is 19.8 Å². The zero-order chi connectivity index (χ0) is 13.3. The molecule has 0 radical (unpaired) electrons. The van der Waals surface area contributed by atoms with Crippen LogP contribution in [-0.2, 0) is 0 Å². The molecule has 0 saturated heterocycles. The molecule has 1 saturated carbocycles. The first-order valence-corrected chi connectivity index (χ1v) is 6.18. The number of aryl methyl sites for hydroxylation is 2. The molecule has 0 aromatic carbocycles. The molecule has 18 heavy (non-hydrogen) atoms. The Bertz CT molecular complexity index is 440. The summed E-state index contributed by atoms with van der Waals surface area (Å²) in [5.41, 5.74) is 0.537. The van der Waals surface area contributed by atoms with Crippen molar-refractivity contribution in [1.82, 2.24) is 5.32 Å². The molecule has 1 aromatic rings. The maximum absolute atomic E-state index is 12.0. The van der Waals surface area contributed by atoms with Gasteiger partial charge in [0.25, 0.3) is 5.91 Å². The van der Waals surface area contributed by atoms with Crippen LogP contribution in [0.1, 0.15) is 34.7 Å². The average molecular weight is 253 g/mol. The maximum atomic E-state index is 12.0. The average Bonchev–Trinajstić information content (AvgIpc) is 2.81. The Morgan fingerprint density at radius 3 is 2.72 bits per heavy atom. The molecular formula is C13H19NO4. The lowest BCUT2D eigenvalue weighted by atomic mass is 10.1. The van der Waals surface area contributed by atoms with Crippen LogP contribution in [0.5, 0.6) is 0 Å². The van der Waals surface area contributed by atoms with Crippen molar-refractivity contribution in [2.24, 2.45) is 5.92 Å². The number of aliphatic hydroxyl groups is 2. The van der Waals surface area contributed by atoms with Gasteiger partial charge in [0.2, 0.25) is 0 Å². The van der Waals surface area contributed by atoms with Crippen LogP contribution < -0.4 is 5.32 Å². The third-order valence-corrected chi connectivity index (χ3v) is 3.51. The van der Waals surface area contributed by atoms with E-state index in [0.717, 1.165) is 0 Å². The van der Waals surface area contributed by atoms with Crippen molar-refractivity contribution in [3.05, 3.63) is 23.2 Å². The minimum atomic E-state index is -0.535. The third kappa shape index (κ3) is 2.57. The van der Waals surface area contributed by atoms with Crippen LogP contribution in [-0.4, -0.2) is 34.9 Å². The Balaban J connectivity index is 1.99. The van der Waals surface area contributed by atoms with Gasteiger partial charge in [0, 0.05) is 18.6 Å². The van der Waals surface area contributed by atoms with Gasteiger partial charge in [-0.1, -0.05) is 0 Å². The summed E-state index contributed by atoms with van der Waals surface area (Å²) in [5.74, 6) is 0.988. The van der Waals surface area contributed by atoms with Gasteiger partial charge in [-0.2, -0.15) is 0 Å². The molecule has 1 aliphatic carbocycles. The lowest BCUT2D eigenvalue weighted by molar-refractivity contribution is 0.0903. The first kappa shape index (κ1) is 13.1. The van der Waals surface area contributed by atoms with Crippen molar-refractivity contribution < 1.29 is 19.4 Å². The summed E-state index contributed by atoms with van der Waals surface area (Å²) in [6.07, 6.45) is 0.569. The predicted molar refractivity (Wildman–Crippen MR) is 65.3 cm³/mol. The van der Waals surface area contributed by atoms with E-state index in [4.69, 9.17) is 9.52 Å². The van der Waals surface area contributed by atoms with Gasteiger partial charge in [-0.3, -0.25) is 4.79 Å². The molecule has 1 aromatic heterocycles. The smallest absolute Gasteiger partial charge is 0.255 e. The van der Waals surface area contributed by atoms with Crippen molar-refractivity contribution >= 4 is 5.91 Å². The maximum Gasteiger partial charge on any atom is 0.255 e. The number of amides is 1. The number of furan rings is 1. The number of rotatable bonds is 3. The first-order chi connectivity index (χ1) is 8.51. The summed E-state index contributed by atoms with van der Waals surface area (Å²) in [5, 5.41) is 21.6. The number of aliphatic hydroxyl groups excluding tert-OH is 2. The van der Waals surface area contributed by atoms with Gasteiger partial charge >= 0.3 is 0 Å². The van der Waals surface area contributed by atoms with Crippen molar-refractivity contribution in [1.29, 1.82) is 0 Å². The SMILES string of the molecule is Cc1cc(C(=O)N[C@H]2C[C@H](CO)[C@@H](O)C2)c(C)o1. The molecule has 2 rings (SSSR count). The highest BCUT2D eigenvalue weighted by Gasteiger charge is 2.33. The molecule has 5 nitrogen and oxygen atoms in total. The highest BCUT2D eigenvalue weighted by molar-refractivity contribution is 5.95. The molecule has 0 unspecified atom stereocenters. The lowest BCUT2D eigenvalue weighted by Crippen LogP contribution is -2.33. The molecule has 3 N–H and O–H groups in total. The summed E-state index contributed by atoms with van der Waals surface area (Å²) in [4.78, 5) is 12.0. The molecule has 0 bridgehead atoms. The largest absolute Gasteiger partial charge is 0.466 e. The topological polar surface area (TPSA) is 82.7 Å². The van der Waals surface area contributed by atoms with E-state index in [1.165, 1.54) is 0 Å². The normalized spacial score (nSPS) is 27.4. The zero-order valence-corrected chi connectivity index (χ0v) is 10.6. The van der Waals surface area contributed by atoms with Gasteiger partial charge in [-0.05, 0) is 32.8 Å². The van der Waals surface area contributed by atoms with Crippen LogP contribution in [0.3, 0.4) is 0 Å². The number of carbonyl (C=O) groups excluding carboxylic acids is 1. The Morgan fingerprint density at radius 1 is 1.50 bits per heavy atom. The molecule has 100 valence electrons. The molecule has 0 aliphatic heterocycles. The van der Waals surface area contributed by atoms with Crippen LogP contribution in [0.4, 0.5) is 0 Å². The minimum absolute atomic E-state index is 0.0443. The van der Waals surface area contributed by atoms with Gasteiger partial charge in [0.1, 0.15) is 11.5 Å². The fraction of sp³-hybridized carbons (Fsp3) is 0.615. The Morgan fingerprint density at radius 2 is 2.22 bits per heavy atom. The molecule has 1 amide bonds. The molecule has 0 spiro atoms. The second kappa shape index (κ2) is 5.12. The van der Waals surface area contributed by atoms with Crippen molar-refractivity contribution in [3.8, 4) is 0 Å². The van der Waals surface area contributed by atoms with E-state index in [1.54, 1.807) is 19.9 Å². The standard InChI is InChI=1S/C13H19NO4/c1-7-3-11(8(2)18-7)13(17)14-10-4-9(6-15)12(16)5-10/h3,9-10,12,15-16H,4-6H2,1-2H3,(H,14,17)/t9-,10+,12+/m1/s1. The Hall–Kier alpha value is -1.33. The molecule has 1 heterocycles. The number of carbonyl (C=O) groups is 1. The van der Waals surface area contributed by atoms with Gasteiger partial charge in [0.15, 0.2) is 0 Å². The summed E-state index contributed by atoms with van der Waals surface area (Å²) < 4.78 is 5.31. The van der Waals surface area contributed by atoms with Crippen LogP contribution in [0.15, 0.2) is 10.5 Å². The summed E-state index contributed by atoms with van der Waals surface area (Å²) in [7, 11) is 0. The van der Waals surface area contributed by atoms with Crippen LogP contribution in [0.25, 0.3) is 0 Å². The highest BCUT2D eigenvalue weighted by atomic mass is 16.3. The Labute approximate surface area is 106 Å². The lowest BCUT2D eigenvalue weighted by Gasteiger charge is -2.11. The van der Waals surface area contributed by atoms with E-state index < -0.39 is 6.10 Å². The fourth-order valence-electron chi connectivity index (χ4n) is 2.54. The molecule has 3 atom stereocenters. The molecule has 1 aliphatic rings. The van der Waals surface area contributed by atoms with Crippen molar-refractivity contribution in [3.63, 3.8) is 0 Å². The number of nitrogens with one attached hydrogen (secondary N) is 1. The monoisotopic (exact) mass is 253 g/mol. The molecule has 1 fully saturated rings. The zero-order valence-electron chi connectivity index (χ0n) is 10.6. The van der Waals surface area contributed by atoms with Crippen LogP contribution >= 0.6 is 0 Å².